The summed E-state index contributed by atoms with van der Waals surface area (Å²) in [6, 6.07) is 4.33. The third-order valence-corrected chi connectivity index (χ3v) is 3.01. The molecular weight excluding hydrogens is 322 g/mol. The van der Waals surface area contributed by atoms with Crippen LogP contribution in [-0.2, 0) is 0 Å². The number of rotatable bonds is 2. The maximum Gasteiger partial charge on any atom is 0.238 e. The summed E-state index contributed by atoms with van der Waals surface area (Å²) in [4.78, 5) is 3.97. The lowest BCUT2D eigenvalue weighted by molar-refractivity contribution is 0.427. The standard InChI is InChI=1S/C12H9BrClFN2O/c1-6-2-11(9(15)4-10(6)16)18-12-8(14)3-7(13)5-17-12/h2-5H,16H2,1H3. The van der Waals surface area contributed by atoms with Crippen LogP contribution in [0, 0.1) is 12.7 Å². The molecule has 0 atom stereocenters. The fourth-order valence-corrected chi connectivity index (χ4v) is 2.00. The number of aromatic nitrogens is 1. The van der Waals surface area contributed by atoms with Crippen LogP contribution in [0.2, 0.25) is 5.02 Å². The van der Waals surface area contributed by atoms with Crippen molar-refractivity contribution < 1.29 is 9.13 Å². The summed E-state index contributed by atoms with van der Waals surface area (Å²) in [5.74, 6) is -0.375. The minimum absolute atomic E-state index is 0.0402. The first-order valence-electron chi connectivity index (χ1n) is 5.02. The van der Waals surface area contributed by atoms with Crippen molar-refractivity contribution in [3.8, 4) is 11.6 Å². The third kappa shape index (κ3) is 2.73. The molecule has 0 amide bonds. The number of anilines is 1. The van der Waals surface area contributed by atoms with Gasteiger partial charge in [-0.2, -0.15) is 0 Å². The van der Waals surface area contributed by atoms with Crippen molar-refractivity contribution in [3.63, 3.8) is 0 Å². The minimum Gasteiger partial charge on any atom is -0.434 e. The van der Waals surface area contributed by atoms with E-state index < -0.39 is 5.82 Å². The van der Waals surface area contributed by atoms with Gasteiger partial charge in [-0.3, -0.25) is 0 Å². The monoisotopic (exact) mass is 330 g/mol. The van der Waals surface area contributed by atoms with E-state index in [9.17, 15) is 4.39 Å². The van der Waals surface area contributed by atoms with Gasteiger partial charge in [-0.15, -0.1) is 0 Å². The number of pyridine rings is 1. The molecule has 0 saturated heterocycles. The molecule has 18 heavy (non-hydrogen) atoms. The number of aryl methyl sites for hydroxylation is 1. The highest BCUT2D eigenvalue weighted by Crippen LogP contribution is 2.32. The molecule has 2 rings (SSSR count). The molecule has 94 valence electrons. The first-order chi connectivity index (χ1) is 8.47. The molecule has 0 spiro atoms. The van der Waals surface area contributed by atoms with Crippen molar-refractivity contribution in [3.05, 3.63) is 45.3 Å². The van der Waals surface area contributed by atoms with Gasteiger partial charge in [0.15, 0.2) is 11.6 Å². The van der Waals surface area contributed by atoms with Gasteiger partial charge in [0.2, 0.25) is 5.88 Å². The second kappa shape index (κ2) is 5.12. The van der Waals surface area contributed by atoms with Gasteiger partial charge in [0, 0.05) is 22.4 Å². The molecule has 0 saturated carbocycles. The smallest absolute Gasteiger partial charge is 0.238 e. The number of nitrogens with zero attached hydrogens (tertiary/aromatic N) is 1. The zero-order chi connectivity index (χ0) is 13.3. The average molecular weight is 332 g/mol. The van der Waals surface area contributed by atoms with Gasteiger partial charge in [-0.05, 0) is 40.5 Å². The Bertz CT molecular complexity index is 607. The molecule has 6 heteroatoms. The Labute approximate surface area is 117 Å². The van der Waals surface area contributed by atoms with Crippen LogP contribution in [-0.4, -0.2) is 4.98 Å². The Hall–Kier alpha value is -1.33. The zero-order valence-corrected chi connectivity index (χ0v) is 11.7. The highest BCUT2D eigenvalue weighted by atomic mass is 79.9. The molecule has 1 aromatic carbocycles. The summed E-state index contributed by atoms with van der Waals surface area (Å²) in [5.41, 5.74) is 6.68. The first-order valence-corrected chi connectivity index (χ1v) is 6.19. The molecule has 0 aliphatic heterocycles. The maximum atomic E-state index is 13.6. The minimum atomic E-state index is -0.557. The lowest BCUT2D eigenvalue weighted by atomic mass is 10.2. The van der Waals surface area contributed by atoms with Crippen LogP contribution in [0.4, 0.5) is 10.1 Å². The Morgan fingerprint density at radius 1 is 1.39 bits per heavy atom. The molecule has 2 N–H and O–H groups in total. The normalized spacial score (nSPS) is 10.4. The van der Waals surface area contributed by atoms with E-state index in [0.717, 1.165) is 5.56 Å². The zero-order valence-electron chi connectivity index (χ0n) is 9.38. The molecule has 0 bridgehead atoms. The predicted molar refractivity (Wildman–Crippen MR) is 72.6 cm³/mol. The van der Waals surface area contributed by atoms with Gasteiger partial charge in [-0.1, -0.05) is 11.6 Å². The largest absolute Gasteiger partial charge is 0.434 e. The summed E-state index contributed by atoms with van der Waals surface area (Å²) < 4.78 is 19.7. The van der Waals surface area contributed by atoms with Crippen molar-refractivity contribution in [1.29, 1.82) is 0 Å². The van der Waals surface area contributed by atoms with Crippen molar-refractivity contribution in [2.24, 2.45) is 0 Å². The second-order valence-corrected chi connectivity index (χ2v) is 5.00. The van der Waals surface area contributed by atoms with Crippen LogP contribution < -0.4 is 10.5 Å². The highest BCUT2D eigenvalue weighted by Gasteiger charge is 2.11. The van der Waals surface area contributed by atoms with E-state index in [-0.39, 0.29) is 11.6 Å². The van der Waals surface area contributed by atoms with E-state index in [4.69, 9.17) is 22.1 Å². The SMILES string of the molecule is Cc1cc(Oc2ncc(Br)cc2Cl)c(F)cc1N. The lowest BCUT2D eigenvalue weighted by Gasteiger charge is -2.09. The summed E-state index contributed by atoms with van der Waals surface area (Å²) in [7, 11) is 0. The van der Waals surface area contributed by atoms with E-state index in [2.05, 4.69) is 20.9 Å². The van der Waals surface area contributed by atoms with Crippen molar-refractivity contribution in [1.82, 2.24) is 4.98 Å². The van der Waals surface area contributed by atoms with Gasteiger partial charge in [0.1, 0.15) is 5.02 Å². The fourth-order valence-electron chi connectivity index (χ4n) is 1.33. The predicted octanol–water partition coefficient (Wildman–Crippen LogP) is 4.32. The molecule has 1 heterocycles. The number of hydrogen-bond donors (Lipinski definition) is 1. The Morgan fingerprint density at radius 2 is 2.11 bits per heavy atom. The summed E-state index contributed by atoms with van der Waals surface area (Å²) >= 11 is 9.16. The van der Waals surface area contributed by atoms with E-state index in [1.54, 1.807) is 13.0 Å². The fraction of sp³-hybridized carbons (Fsp3) is 0.0833. The average Bonchev–Trinajstić information content (AvgIpc) is 2.29. The van der Waals surface area contributed by atoms with E-state index in [0.29, 0.717) is 15.2 Å². The lowest BCUT2D eigenvalue weighted by Crippen LogP contribution is -1.96. The van der Waals surface area contributed by atoms with Gasteiger partial charge in [-0.25, -0.2) is 9.37 Å². The number of halogens is 3. The molecule has 0 unspecified atom stereocenters. The topological polar surface area (TPSA) is 48.1 Å². The molecule has 3 nitrogen and oxygen atoms in total. The number of nitrogens with two attached hydrogens (primary N) is 1. The molecular formula is C12H9BrClFN2O. The van der Waals surface area contributed by atoms with Crippen LogP contribution >= 0.6 is 27.5 Å². The molecule has 0 aliphatic carbocycles. The Balaban J connectivity index is 2.37. The Kier molecular flexibility index (Phi) is 3.73. The quantitative estimate of drug-likeness (QED) is 0.834. The van der Waals surface area contributed by atoms with Gasteiger partial charge >= 0.3 is 0 Å². The van der Waals surface area contributed by atoms with Crippen LogP contribution in [0.5, 0.6) is 11.6 Å². The van der Waals surface area contributed by atoms with Crippen LogP contribution in [0.25, 0.3) is 0 Å². The number of nitrogen functional groups attached to an aromatic ring is 1. The van der Waals surface area contributed by atoms with E-state index in [1.807, 2.05) is 0 Å². The third-order valence-electron chi connectivity index (χ3n) is 2.30. The molecule has 0 fully saturated rings. The van der Waals surface area contributed by atoms with Crippen molar-refractivity contribution >= 4 is 33.2 Å². The molecule has 0 aliphatic rings. The summed E-state index contributed by atoms with van der Waals surface area (Å²) in [5, 5.41) is 0.290. The van der Waals surface area contributed by atoms with Gasteiger partial charge < -0.3 is 10.5 Å². The Morgan fingerprint density at radius 3 is 2.78 bits per heavy atom. The highest BCUT2D eigenvalue weighted by molar-refractivity contribution is 9.10. The second-order valence-electron chi connectivity index (χ2n) is 3.68. The summed E-state index contributed by atoms with van der Waals surface area (Å²) in [6.45, 7) is 1.76. The maximum absolute atomic E-state index is 13.6. The summed E-state index contributed by atoms with van der Waals surface area (Å²) in [6.07, 6.45) is 1.52. The van der Waals surface area contributed by atoms with Crippen molar-refractivity contribution in [2.75, 3.05) is 5.73 Å². The molecule has 0 radical (unpaired) electrons. The number of benzene rings is 1. The van der Waals surface area contributed by atoms with Crippen LogP contribution in [0.15, 0.2) is 28.9 Å². The van der Waals surface area contributed by atoms with Gasteiger partial charge in [0.25, 0.3) is 0 Å². The van der Waals surface area contributed by atoms with E-state index >= 15 is 0 Å². The number of hydrogen-bond acceptors (Lipinski definition) is 3. The first kappa shape index (κ1) is 13.1. The number of ether oxygens (including phenoxy) is 1. The van der Waals surface area contributed by atoms with E-state index in [1.165, 1.54) is 18.3 Å². The molecule has 1 aromatic heterocycles. The molecule has 2 aromatic rings. The van der Waals surface area contributed by atoms with Crippen LogP contribution in [0.1, 0.15) is 5.56 Å². The van der Waals surface area contributed by atoms with Crippen molar-refractivity contribution in [2.45, 2.75) is 6.92 Å². The van der Waals surface area contributed by atoms with Crippen LogP contribution in [0.3, 0.4) is 0 Å². The van der Waals surface area contributed by atoms with Gasteiger partial charge in [0.05, 0.1) is 0 Å².